The number of carbonyl (C=O) groups is 1. The Kier molecular flexibility index (Phi) is 3.42. The highest BCUT2D eigenvalue weighted by Gasteiger charge is 2.16. The highest BCUT2D eigenvalue weighted by molar-refractivity contribution is 7.15. The number of rotatable bonds is 3. The molecule has 0 aliphatic carbocycles. The van der Waals surface area contributed by atoms with Gasteiger partial charge in [-0.25, -0.2) is 4.52 Å². The fourth-order valence-corrected chi connectivity index (χ4v) is 3.41. The highest BCUT2D eigenvalue weighted by Crippen LogP contribution is 2.28. The number of amides is 1. The first-order chi connectivity index (χ1) is 11.6. The topological polar surface area (TPSA) is 72.4 Å². The van der Waals surface area contributed by atoms with Crippen LogP contribution >= 0.6 is 11.3 Å². The standard InChI is InChI=1S/C17H14N4O2S/c1-10-5-6-12(11(2)8-10)13-9-24-17-19-16(20-21(13)17)18-15(22)14-4-3-7-23-14/h3-9H,1-2H3,(H,18,20,22). The van der Waals surface area contributed by atoms with E-state index in [1.165, 1.54) is 28.7 Å². The number of aromatic nitrogens is 3. The van der Waals surface area contributed by atoms with Gasteiger partial charge in [0, 0.05) is 10.9 Å². The zero-order chi connectivity index (χ0) is 16.7. The molecular weight excluding hydrogens is 324 g/mol. The van der Waals surface area contributed by atoms with Crippen LogP contribution in [-0.4, -0.2) is 20.5 Å². The number of nitrogens with zero attached hydrogens (tertiary/aromatic N) is 3. The van der Waals surface area contributed by atoms with Crippen molar-refractivity contribution in [3.8, 4) is 11.3 Å². The Labute approximate surface area is 141 Å². The molecule has 0 saturated carbocycles. The van der Waals surface area contributed by atoms with E-state index >= 15 is 0 Å². The molecule has 0 fully saturated rings. The van der Waals surface area contributed by atoms with Crippen molar-refractivity contribution < 1.29 is 9.21 Å². The summed E-state index contributed by atoms with van der Waals surface area (Å²) in [5.41, 5.74) is 4.44. The second kappa shape index (κ2) is 5.61. The van der Waals surface area contributed by atoms with Crippen molar-refractivity contribution in [2.45, 2.75) is 13.8 Å². The summed E-state index contributed by atoms with van der Waals surface area (Å²) in [6.07, 6.45) is 1.45. The van der Waals surface area contributed by atoms with Gasteiger partial charge in [-0.2, -0.15) is 4.98 Å². The van der Waals surface area contributed by atoms with Gasteiger partial charge in [-0.05, 0) is 31.5 Å². The van der Waals surface area contributed by atoms with E-state index in [1.807, 2.05) is 5.38 Å². The van der Waals surface area contributed by atoms with E-state index in [0.29, 0.717) is 0 Å². The van der Waals surface area contributed by atoms with E-state index < -0.39 is 0 Å². The number of aryl methyl sites for hydroxylation is 2. The van der Waals surface area contributed by atoms with Crippen LogP contribution in [0.2, 0.25) is 0 Å². The van der Waals surface area contributed by atoms with Gasteiger partial charge in [0.1, 0.15) is 0 Å². The lowest BCUT2D eigenvalue weighted by molar-refractivity contribution is 0.0996. The van der Waals surface area contributed by atoms with Crippen LogP contribution in [0.1, 0.15) is 21.7 Å². The fourth-order valence-electron chi connectivity index (χ4n) is 2.59. The van der Waals surface area contributed by atoms with Crippen LogP contribution in [0.25, 0.3) is 16.2 Å². The summed E-state index contributed by atoms with van der Waals surface area (Å²) in [6.45, 7) is 4.14. The molecule has 0 spiro atoms. The molecule has 24 heavy (non-hydrogen) atoms. The average Bonchev–Trinajstić information content (AvgIpc) is 3.24. The van der Waals surface area contributed by atoms with Crippen LogP contribution in [0.5, 0.6) is 0 Å². The largest absolute Gasteiger partial charge is 0.459 e. The normalized spacial score (nSPS) is 11.1. The van der Waals surface area contributed by atoms with E-state index in [9.17, 15) is 4.79 Å². The van der Waals surface area contributed by atoms with Crippen molar-refractivity contribution in [3.63, 3.8) is 0 Å². The molecule has 6 nitrogen and oxygen atoms in total. The van der Waals surface area contributed by atoms with Crippen LogP contribution in [0.3, 0.4) is 0 Å². The van der Waals surface area contributed by atoms with Gasteiger partial charge in [-0.15, -0.1) is 16.4 Å². The Balaban J connectivity index is 1.70. The predicted molar refractivity (Wildman–Crippen MR) is 92.4 cm³/mol. The zero-order valence-electron chi connectivity index (χ0n) is 13.1. The third-order valence-corrected chi connectivity index (χ3v) is 4.53. The summed E-state index contributed by atoms with van der Waals surface area (Å²) < 4.78 is 6.82. The van der Waals surface area contributed by atoms with Crippen molar-refractivity contribution in [1.29, 1.82) is 0 Å². The maximum atomic E-state index is 12.0. The van der Waals surface area contributed by atoms with E-state index in [0.717, 1.165) is 16.2 Å². The van der Waals surface area contributed by atoms with Crippen LogP contribution < -0.4 is 5.32 Å². The molecule has 0 bridgehead atoms. The van der Waals surface area contributed by atoms with Gasteiger partial charge in [-0.3, -0.25) is 10.1 Å². The van der Waals surface area contributed by atoms with Crippen molar-refractivity contribution in [3.05, 3.63) is 58.9 Å². The van der Waals surface area contributed by atoms with E-state index in [1.54, 1.807) is 16.6 Å². The Morgan fingerprint density at radius 3 is 2.92 bits per heavy atom. The molecular formula is C17H14N4O2S. The summed E-state index contributed by atoms with van der Waals surface area (Å²) in [6, 6.07) is 9.54. The number of nitrogens with one attached hydrogen (secondary N) is 1. The second-order valence-electron chi connectivity index (χ2n) is 5.50. The number of carbonyl (C=O) groups excluding carboxylic acids is 1. The maximum absolute atomic E-state index is 12.0. The summed E-state index contributed by atoms with van der Waals surface area (Å²) in [4.78, 5) is 17.1. The molecule has 3 heterocycles. The average molecular weight is 338 g/mol. The quantitative estimate of drug-likeness (QED) is 0.614. The molecule has 1 N–H and O–H groups in total. The van der Waals surface area contributed by atoms with E-state index in [2.05, 4.69) is 47.4 Å². The van der Waals surface area contributed by atoms with Crippen molar-refractivity contribution in [2.75, 3.05) is 5.32 Å². The molecule has 7 heteroatoms. The molecule has 1 aromatic carbocycles. The minimum absolute atomic E-state index is 0.225. The molecule has 0 aliphatic rings. The molecule has 0 atom stereocenters. The van der Waals surface area contributed by atoms with Crippen molar-refractivity contribution >= 4 is 28.2 Å². The van der Waals surface area contributed by atoms with Gasteiger partial charge in [0.15, 0.2) is 5.76 Å². The number of benzene rings is 1. The first-order valence-electron chi connectivity index (χ1n) is 7.38. The number of anilines is 1. The first-order valence-corrected chi connectivity index (χ1v) is 8.26. The van der Waals surface area contributed by atoms with E-state index in [4.69, 9.17) is 4.42 Å². The van der Waals surface area contributed by atoms with Crippen molar-refractivity contribution in [1.82, 2.24) is 14.6 Å². The second-order valence-corrected chi connectivity index (χ2v) is 6.34. The predicted octanol–water partition coefficient (Wildman–Crippen LogP) is 3.92. The van der Waals surface area contributed by atoms with Gasteiger partial charge in [0.2, 0.25) is 4.96 Å². The van der Waals surface area contributed by atoms with Crippen LogP contribution in [0.4, 0.5) is 5.95 Å². The Morgan fingerprint density at radius 1 is 1.29 bits per heavy atom. The van der Waals surface area contributed by atoms with Gasteiger partial charge >= 0.3 is 0 Å². The number of thiazole rings is 1. The summed E-state index contributed by atoms with van der Waals surface area (Å²) in [7, 11) is 0. The minimum atomic E-state index is -0.369. The lowest BCUT2D eigenvalue weighted by Crippen LogP contribution is -2.12. The van der Waals surface area contributed by atoms with Gasteiger partial charge in [0.25, 0.3) is 11.9 Å². The monoisotopic (exact) mass is 338 g/mol. The molecule has 0 saturated heterocycles. The molecule has 0 radical (unpaired) electrons. The van der Waals surface area contributed by atoms with Gasteiger partial charge < -0.3 is 4.42 Å². The molecule has 120 valence electrons. The Morgan fingerprint density at radius 2 is 2.17 bits per heavy atom. The van der Waals surface area contributed by atoms with Crippen LogP contribution in [-0.2, 0) is 0 Å². The highest BCUT2D eigenvalue weighted by atomic mass is 32.1. The number of hydrogen-bond donors (Lipinski definition) is 1. The van der Waals surface area contributed by atoms with Crippen molar-refractivity contribution in [2.24, 2.45) is 0 Å². The molecule has 3 aromatic heterocycles. The SMILES string of the molecule is Cc1ccc(-c2csc3nc(NC(=O)c4ccco4)nn23)c(C)c1. The lowest BCUT2D eigenvalue weighted by atomic mass is 10.0. The first kappa shape index (κ1) is 14.6. The smallest absolute Gasteiger partial charge is 0.293 e. The minimum Gasteiger partial charge on any atom is -0.459 e. The third-order valence-electron chi connectivity index (χ3n) is 3.71. The lowest BCUT2D eigenvalue weighted by Gasteiger charge is -2.05. The Hall–Kier alpha value is -2.93. The van der Waals surface area contributed by atoms with Crippen LogP contribution in [0.15, 0.2) is 46.4 Å². The summed E-state index contributed by atoms with van der Waals surface area (Å²) in [5.74, 6) is 0.114. The molecule has 4 rings (SSSR count). The number of hydrogen-bond acceptors (Lipinski definition) is 5. The van der Waals surface area contributed by atoms with Gasteiger partial charge in [-0.1, -0.05) is 23.8 Å². The molecule has 0 aliphatic heterocycles. The van der Waals surface area contributed by atoms with Crippen LogP contribution in [0, 0.1) is 13.8 Å². The molecule has 4 aromatic rings. The maximum Gasteiger partial charge on any atom is 0.293 e. The van der Waals surface area contributed by atoms with Gasteiger partial charge in [0.05, 0.1) is 12.0 Å². The molecule has 1 amide bonds. The summed E-state index contributed by atoms with van der Waals surface area (Å²) in [5, 5.41) is 9.08. The third kappa shape index (κ3) is 2.48. The number of fused-ring (bicyclic) bond motifs is 1. The summed E-state index contributed by atoms with van der Waals surface area (Å²) >= 11 is 1.48. The Bertz CT molecular complexity index is 1030. The molecule has 0 unspecified atom stereocenters. The zero-order valence-corrected chi connectivity index (χ0v) is 13.9. The number of furan rings is 1. The fraction of sp³-hybridized carbons (Fsp3) is 0.118. The van der Waals surface area contributed by atoms with E-state index in [-0.39, 0.29) is 17.6 Å².